The van der Waals surface area contributed by atoms with Crippen LogP contribution in [0.1, 0.15) is 33.6 Å². The summed E-state index contributed by atoms with van der Waals surface area (Å²) in [5.74, 6) is -1.31. The first-order valence-corrected chi connectivity index (χ1v) is 7.91. The van der Waals surface area contributed by atoms with Crippen molar-refractivity contribution in [2.45, 2.75) is 12.8 Å². The molecule has 0 saturated carbocycles. The molecule has 1 aromatic heterocycles. The van der Waals surface area contributed by atoms with E-state index in [1.165, 1.54) is 30.0 Å². The summed E-state index contributed by atoms with van der Waals surface area (Å²) in [5, 5.41) is 11.4. The fourth-order valence-corrected chi connectivity index (χ4v) is 2.87. The van der Waals surface area contributed by atoms with Gasteiger partial charge < -0.3 is 4.74 Å². The highest BCUT2D eigenvalue weighted by atomic mass is 16.6. The molecule has 132 valence electrons. The Morgan fingerprint density at radius 3 is 2.38 bits per heavy atom. The number of para-hydroxylation sites is 1. The molecule has 0 N–H and O–H groups in total. The van der Waals surface area contributed by atoms with Crippen molar-refractivity contribution in [1.29, 1.82) is 0 Å². The number of esters is 1. The molecule has 0 aliphatic heterocycles. The maximum Gasteiger partial charge on any atom is 0.340 e. The Balaban J connectivity index is 2.01. The van der Waals surface area contributed by atoms with Gasteiger partial charge in [-0.05, 0) is 18.6 Å². The molecular formula is C19H16N2O5. The second-order valence-corrected chi connectivity index (χ2v) is 5.83. The molecule has 0 aliphatic rings. The van der Waals surface area contributed by atoms with Gasteiger partial charge in [-0.25, -0.2) is 4.79 Å². The van der Waals surface area contributed by atoms with Crippen LogP contribution in [0, 0.1) is 10.1 Å². The number of nitro benzene ring substituents is 1. The van der Waals surface area contributed by atoms with Gasteiger partial charge >= 0.3 is 5.97 Å². The lowest BCUT2D eigenvalue weighted by atomic mass is 10.00. The largest absolute Gasteiger partial charge is 0.465 e. The van der Waals surface area contributed by atoms with Gasteiger partial charge in [-0.1, -0.05) is 30.3 Å². The number of hydrogen-bond donors (Lipinski definition) is 0. The fourth-order valence-electron chi connectivity index (χ4n) is 2.87. The van der Waals surface area contributed by atoms with Crippen LogP contribution < -0.4 is 0 Å². The minimum Gasteiger partial charge on any atom is -0.465 e. The van der Waals surface area contributed by atoms with E-state index in [1.807, 2.05) is 0 Å². The molecule has 0 amide bonds. The minimum atomic E-state index is -0.544. The maximum absolute atomic E-state index is 13.0. The van der Waals surface area contributed by atoms with E-state index in [0.29, 0.717) is 22.0 Å². The molecule has 2 aromatic carbocycles. The predicted molar refractivity (Wildman–Crippen MR) is 95.4 cm³/mol. The molecule has 3 rings (SSSR count). The average Bonchev–Trinajstić information content (AvgIpc) is 3.06. The van der Waals surface area contributed by atoms with Crippen molar-refractivity contribution in [2.24, 2.45) is 0 Å². The van der Waals surface area contributed by atoms with Gasteiger partial charge in [0.15, 0.2) is 0 Å². The zero-order valence-corrected chi connectivity index (χ0v) is 14.2. The number of nitro groups is 1. The third-order valence-electron chi connectivity index (χ3n) is 4.33. The van der Waals surface area contributed by atoms with Gasteiger partial charge in [0, 0.05) is 23.7 Å². The van der Waals surface area contributed by atoms with Crippen LogP contribution in [0.5, 0.6) is 0 Å². The van der Waals surface area contributed by atoms with E-state index in [2.05, 4.69) is 0 Å². The predicted octanol–water partition coefficient (Wildman–Crippen LogP) is 3.78. The van der Waals surface area contributed by atoms with E-state index >= 15 is 0 Å². The lowest BCUT2D eigenvalue weighted by Crippen LogP contribution is -2.17. The second kappa shape index (κ2) is 6.79. The first-order chi connectivity index (χ1) is 12.4. The van der Waals surface area contributed by atoms with E-state index < -0.39 is 16.8 Å². The third-order valence-corrected chi connectivity index (χ3v) is 4.33. The highest BCUT2D eigenvalue weighted by Gasteiger charge is 2.23. The quantitative estimate of drug-likeness (QED) is 0.405. The smallest absolute Gasteiger partial charge is 0.340 e. The molecule has 3 aromatic rings. The van der Waals surface area contributed by atoms with E-state index in [1.54, 1.807) is 43.3 Å². The molecule has 1 heterocycles. The van der Waals surface area contributed by atoms with Crippen molar-refractivity contribution < 1.29 is 19.2 Å². The number of carbonyl (C=O) groups excluding carboxylic acids is 2. The third kappa shape index (κ3) is 2.95. The summed E-state index contributed by atoms with van der Waals surface area (Å²) >= 11 is 0. The zero-order valence-electron chi connectivity index (χ0n) is 14.2. The SMILES string of the molecule is COC(=O)c1cn(C(=O)[C@@H](C)c2ccc([N+](=O)[O-])cc2)c2ccccc12. The number of benzene rings is 2. The molecule has 26 heavy (non-hydrogen) atoms. The number of nitrogens with zero attached hydrogens (tertiary/aromatic N) is 2. The van der Waals surface area contributed by atoms with E-state index in [4.69, 9.17) is 4.74 Å². The summed E-state index contributed by atoms with van der Waals surface area (Å²) in [5.41, 5.74) is 1.53. The summed E-state index contributed by atoms with van der Waals surface area (Å²) in [6, 6.07) is 12.9. The van der Waals surface area contributed by atoms with E-state index in [9.17, 15) is 19.7 Å². The van der Waals surface area contributed by atoms with Crippen LogP contribution >= 0.6 is 0 Å². The van der Waals surface area contributed by atoms with Crippen LogP contribution in [-0.2, 0) is 4.74 Å². The lowest BCUT2D eigenvalue weighted by Gasteiger charge is -2.12. The first kappa shape index (κ1) is 17.3. The molecular weight excluding hydrogens is 336 g/mol. The van der Waals surface area contributed by atoms with Crippen LogP contribution in [0.15, 0.2) is 54.7 Å². The molecule has 0 bridgehead atoms. The highest BCUT2D eigenvalue weighted by molar-refractivity contribution is 6.07. The van der Waals surface area contributed by atoms with Crippen LogP contribution in [0.25, 0.3) is 10.9 Å². The number of ether oxygens (including phenoxy) is 1. The van der Waals surface area contributed by atoms with Gasteiger partial charge in [0.25, 0.3) is 5.69 Å². The molecule has 1 atom stereocenters. The molecule has 0 unspecified atom stereocenters. The molecule has 7 nitrogen and oxygen atoms in total. The second-order valence-electron chi connectivity index (χ2n) is 5.83. The molecule has 0 saturated heterocycles. The normalized spacial score (nSPS) is 11.9. The van der Waals surface area contributed by atoms with Crippen LogP contribution in [0.4, 0.5) is 5.69 Å². The number of fused-ring (bicyclic) bond motifs is 1. The van der Waals surface area contributed by atoms with Crippen molar-refractivity contribution >= 4 is 28.5 Å². The van der Waals surface area contributed by atoms with Crippen molar-refractivity contribution in [3.05, 3.63) is 76.0 Å². The summed E-state index contributed by atoms with van der Waals surface area (Å²) < 4.78 is 6.22. The Morgan fingerprint density at radius 1 is 1.12 bits per heavy atom. The molecule has 0 radical (unpaired) electrons. The Bertz CT molecular complexity index is 1000. The number of hydrogen-bond acceptors (Lipinski definition) is 5. The molecule has 7 heteroatoms. The maximum atomic E-state index is 13.0. The monoisotopic (exact) mass is 352 g/mol. The van der Waals surface area contributed by atoms with Crippen LogP contribution in [-0.4, -0.2) is 28.5 Å². The molecule has 0 aliphatic carbocycles. The van der Waals surface area contributed by atoms with Gasteiger partial charge in [-0.2, -0.15) is 0 Å². The first-order valence-electron chi connectivity index (χ1n) is 7.91. The number of non-ortho nitro benzene ring substituents is 1. The van der Waals surface area contributed by atoms with Gasteiger partial charge in [-0.3, -0.25) is 19.5 Å². The highest BCUT2D eigenvalue weighted by Crippen LogP contribution is 2.26. The number of rotatable bonds is 4. The number of aromatic nitrogens is 1. The summed E-state index contributed by atoms with van der Waals surface area (Å²) in [6.45, 7) is 1.72. The van der Waals surface area contributed by atoms with Crippen molar-refractivity contribution in [2.75, 3.05) is 7.11 Å². The fraction of sp³-hybridized carbons (Fsp3) is 0.158. The Kier molecular flexibility index (Phi) is 4.53. The molecule has 0 fully saturated rings. The van der Waals surface area contributed by atoms with E-state index in [0.717, 1.165) is 0 Å². The van der Waals surface area contributed by atoms with Gasteiger partial charge in [-0.15, -0.1) is 0 Å². The Labute approximate surface area is 149 Å². The van der Waals surface area contributed by atoms with E-state index in [-0.39, 0.29) is 11.6 Å². The zero-order chi connectivity index (χ0) is 18.8. The number of carbonyl (C=O) groups is 2. The topological polar surface area (TPSA) is 91.4 Å². The van der Waals surface area contributed by atoms with Crippen molar-refractivity contribution in [1.82, 2.24) is 4.57 Å². The molecule has 0 spiro atoms. The van der Waals surface area contributed by atoms with Gasteiger partial charge in [0.2, 0.25) is 5.91 Å². The van der Waals surface area contributed by atoms with Crippen LogP contribution in [0.3, 0.4) is 0 Å². The van der Waals surface area contributed by atoms with Gasteiger partial charge in [0.05, 0.1) is 29.0 Å². The van der Waals surface area contributed by atoms with Crippen molar-refractivity contribution in [3.63, 3.8) is 0 Å². The van der Waals surface area contributed by atoms with Crippen molar-refractivity contribution in [3.8, 4) is 0 Å². The Hall–Kier alpha value is -3.48. The van der Waals surface area contributed by atoms with Crippen LogP contribution in [0.2, 0.25) is 0 Å². The Morgan fingerprint density at radius 2 is 1.77 bits per heavy atom. The van der Waals surface area contributed by atoms with Gasteiger partial charge in [0.1, 0.15) is 0 Å². The lowest BCUT2D eigenvalue weighted by molar-refractivity contribution is -0.384. The average molecular weight is 352 g/mol. The number of methoxy groups -OCH3 is 1. The standard InChI is InChI=1S/C19H16N2O5/c1-12(13-7-9-14(10-8-13)21(24)25)18(22)20-11-16(19(23)26-2)15-5-3-4-6-17(15)20/h3-12H,1-2H3/t12-/m0/s1. The minimum absolute atomic E-state index is 0.0345. The summed E-state index contributed by atoms with van der Waals surface area (Å²) in [7, 11) is 1.29. The summed E-state index contributed by atoms with van der Waals surface area (Å²) in [6.07, 6.45) is 1.47. The summed E-state index contributed by atoms with van der Waals surface area (Å²) in [4.78, 5) is 35.3.